The Kier molecular flexibility index (Phi) is 5.56. The standard InChI is InChI=1S/C22H17Cl2NO6/c1-11-5-6-16(31-11)18-17(19(26)12-8-14(23)21(29-2)15(24)9-12)20(27)22(28)25(18)10-13-4-3-7-30-13/h3-9,18,26H,10H2,1-2H3/b19-17-. The van der Waals surface area contributed by atoms with E-state index in [1.807, 2.05) is 0 Å². The number of likely N-dealkylation sites (tertiary alicyclic amines) is 1. The number of aliphatic hydroxyl groups excluding tert-OH is 1. The van der Waals surface area contributed by atoms with Gasteiger partial charge in [-0.2, -0.15) is 0 Å². The van der Waals surface area contributed by atoms with Gasteiger partial charge in [0.25, 0.3) is 11.7 Å². The number of nitrogens with zero attached hydrogens (tertiary/aromatic N) is 1. The van der Waals surface area contributed by atoms with E-state index in [2.05, 4.69) is 0 Å². The highest BCUT2D eigenvalue weighted by atomic mass is 35.5. The van der Waals surface area contributed by atoms with Gasteiger partial charge in [-0.3, -0.25) is 9.59 Å². The zero-order valence-electron chi connectivity index (χ0n) is 16.5. The second-order valence-electron chi connectivity index (χ2n) is 6.93. The summed E-state index contributed by atoms with van der Waals surface area (Å²) in [6.45, 7) is 1.76. The van der Waals surface area contributed by atoms with E-state index in [4.69, 9.17) is 36.8 Å². The highest BCUT2D eigenvalue weighted by molar-refractivity contribution is 6.46. The minimum absolute atomic E-state index is 0.0168. The van der Waals surface area contributed by atoms with Crippen LogP contribution in [0.25, 0.3) is 5.76 Å². The quantitative estimate of drug-likeness (QED) is 0.322. The summed E-state index contributed by atoms with van der Waals surface area (Å²) in [6.07, 6.45) is 1.47. The fraction of sp³-hybridized carbons (Fsp3) is 0.182. The molecule has 0 saturated carbocycles. The first-order valence-corrected chi connectivity index (χ1v) is 9.98. The molecule has 2 aromatic heterocycles. The Hall–Kier alpha value is -3.16. The molecule has 4 rings (SSSR count). The predicted molar refractivity (Wildman–Crippen MR) is 113 cm³/mol. The van der Waals surface area contributed by atoms with E-state index in [1.165, 1.54) is 30.4 Å². The van der Waals surface area contributed by atoms with Crippen molar-refractivity contribution in [2.24, 2.45) is 0 Å². The van der Waals surface area contributed by atoms with Gasteiger partial charge in [0.15, 0.2) is 5.75 Å². The first-order chi connectivity index (χ1) is 14.8. The van der Waals surface area contributed by atoms with Crippen molar-refractivity contribution in [2.75, 3.05) is 7.11 Å². The molecule has 9 heteroatoms. The van der Waals surface area contributed by atoms with Crippen LogP contribution in [0.2, 0.25) is 10.0 Å². The van der Waals surface area contributed by atoms with Crippen molar-refractivity contribution in [3.63, 3.8) is 0 Å². The number of hydrogen-bond acceptors (Lipinski definition) is 6. The number of carbonyl (C=O) groups excluding carboxylic acids is 2. The summed E-state index contributed by atoms with van der Waals surface area (Å²) in [5.41, 5.74) is 0.0308. The second kappa shape index (κ2) is 8.17. The maximum atomic E-state index is 13.0. The number of ether oxygens (including phenoxy) is 1. The lowest BCUT2D eigenvalue weighted by molar-refractivity contribution is -0.140. The summed E-state index contributed by atoms with van der Waals surface area (Å²) >= 11 is 12.4. The van der Waals surface area contributed by atoms with Gasteiger partial charge in [0.1, 0.15) is 29.1 Å². The van der Waals surface area contributed by atoms with Gasteiger partial charge >= 0.3 is 0 Å². The molecule has 1 N–H and O–H groups in total. The average molecular weight is 462 g/mol. The third-order valence-corrected chi connectivity index (χ3v) is 5.51. The average Bonchev–Trinajstić information content (AvgIpc) is 3.44. The number of benzene rings is 1. The van der Waals surface area contributed by atoms with Gasteiger partial charge in [-0.1, -0.05) is 23.2 Å². The molecule has 1 amide bonds. The van der Waals surface area contributed by atoms with E-state index in [0.29, 0.717) is 17.3 Å². The van der Waals surface area contributed by atoms with Crippen molar-refractivity contribution in [1.82, 2.24) is 4.90 Å². The first kappa shape index (κ1) is 21.1. The number of aryl methyl sites for hydroxylation is 1. The van der Waals surface area contributed by atoms with Crippen molar-refractivity contribution < 1.29 is 28.3 Å². The Morgan fingerprint density at radius 3 is 2.45 bits per heavy atom. The van der Waals surface area contributed by atoms with Crippen LogP contribution in [0.5, 0.6) is 5.75 Å². The molecule has 3 aromatic rings. The lowest BCUT2D eigenvalue weighted by Gasteiger charge is -2.22. The van der Waals surface area contributed by atoms with Crippen LogP contribution < -0.4 is 4.74 Å². The molecule has 1 atom stereocenters. The van der Waals surface area contributed by atoms with Crippen molar-refractivity contribution >= 4 is 40.7 Å². The van der Waals surface area contributed by atoms with Crippen molar-refractivity contribution in [3.05, 3.63) is 81.1 Å². The summed E-state index contributed by atoms with van der Waals surface area (Å²) in [7, 11) is 1.41. The molecule has 1 fully saturated rings. The van der Waals surface area contributed by atoms with Gasteiger partial charge in [0, 0.05) is 5.56 Å². The van der Waals surface area contributed by atoms with Gasteiger partial charge < -0.3 is 23.6 Å². The van der Waals surface area contributed by atoms with Crippen LogP contribution in [0.4, 0.5) is 0 Å². The smallest absolute Gasteiger partial charge is 0.296 e. The Morgan fingerprint density at radius 1 is 1.19 bits per heavy atom. The number of methoxy groups -OCH3 is 1. The zero-order valence-corrected chi connectivity index (χ0v) is 18.0. The topological polar surface area (TPSA) is 93.1 Å². The van der Waals surface area contributed by atoms with Crippen LogP contribution in [0.3, 0.4) is 0 Å². The summed E-state index contributed by atoms with van der Waals surface area (Å²) in [5, 5.41) is 11.4. The van der Waals surface area contributed by atoms with Crippen LogP contribution in [0, 0.1) is 6.92 Å². The van der Waals surface area contributed by atoms with Gasteiger partial charge in [-0.05, 0) is 43.3 Å². The van der Waals surface area contributed by atoms with Crippen LogP contribution >= 0.6 is 23.2 Å². The normalized spacial score (nSPS) is 18.1. The lowest BCUT2D eigenvalue weighted by atomic mass is 9.99. The molecule has 0 aliphatic carbocycles. The molecular formula is C22H17Cl2NO6. The monoisotopic (exact) mass is 461 g/mol. The highest BCUT2D eigenvalue weighted by Gasteiger charge is 2.48. The van der Waals surface area contributed by atoms with Crippen LogP contribution in [0.1, 0.15) is 28.9 Å². The molecule has 1 unspecified atom stereocenters. The van der Waals surface area contributed by atoms with Gasteiger partial charge in [0.05, 0.1) is 35.5 Å². The molecular weight excluding hydrogens is 445 g/mol. The second-order valence-corrected chi connectivity index (χ2v) is 7.74. The molecule has 0 radical (unpaired) electrons. The predicted octanol–water partition coefficient (Wildman–Crippen LogP) is 5.12. The third-order valence-electron chi connectivity index (χ3n) is 4.95. The molecule has 1 aromatic carbocycles. The minimum Gasteiger partial charge on any atom is -0.507 e. The van der Waals surface area contributed by atoms with E-state index >= 15 is 0 Å². The number of furan rings is 2. The number of halogens is 2. The largest absolute Gasteiger partial charge is 0.507 e. The van der Waals surface area contributed by atoms with Crippen LogP contribution in [-0.4, -0.2) is 28.8 Å². The fourth-order valence-electron chi connectivity index (χ4n) is 3.56. The van der Waals surface area contributed by atoms with E-state index < -0.39 is 23.5 Å². The highest BCUT2D eigenvalue weighted by Crippen LogP contribution is 2.42. The number of aliphatic hydroxyl groups is 1. The molecule has 160 valence electrons. The molecule has 1 saturated heterocycles. The lowest BCUT2D eigenvalue weighted by Crippen LogP contribution is -2.28. The minimum atomic E-state index is -0.960. The maximum Gasteiger partial charge on any atom is 0.296 e. The van der Waals surface area contributed by atoms with E-state index in [9.17, 15) is 14.7 Å². The third kappa shape index (κ3) is 3.71. The Bertz CT molecular complexity index is 1170. The van der Waals surface area contributed by atoms with Crippen molar-refractivity contribution in [3.8, 4) is 5.75 Å². The molecule has 1 aliphatic rings. The van der Waals surface area contributed by atoms with E-state index in [-0.39, 0.29) is 33.5 Å². The number of carbonyl (C=O) groups is 2. The first-order valence-electron chi connectivity index (χ1n) is 9.22. The van der Waals surface area contributed by atoms with Crippen LogP contribution in [-0.2, 0) is 16.1 Å². The van der Waals surface area contributed by atoms with E-state index in [1.54, 1.807) is 31.2 Å². The van der Waals surface area contributed by atoms with Gasteiger partial charge in [-0.25, -0.2) is 0 Å². The maximum absolute atomic E-state index is 13.0. The summed E-state index contributed by atoms with van der Waals surface area (Å²) in [5.74, 6) is -0.439. The summed E-state index contributed by atoms with van der Waals surface area (Å²) in [6, 6.07) is 8.59. The van der Waals surface area contributed by atoms with Gasteiger partial charge in [-0.15, -0.1) is 0 Å². The van der Waals surface area contributed by atoms with Crippen molar-refractivity contribution in [2.45, 2.75) is 19.5 Å². The number of ketones is 1. The van der Waals surface area contributed by atoms with E-state index in [0.717, 1.165) is 0 Å². The summed E-state index contributed by atoms with van der Waals surface area (Å²) in [4.78, 5) is 27.1. The fourth-order valence-corrected chi connectivity index (χ4v) is 4.20. The number of Topliss-reactive ketones (excluding diaryl/α,β-unsaturated/α-hetero) is 1. The Morgan fingerprint density at radius 2 is 1.90 bits per heavy atom. The van der Waals surface area contributed by atoms with Crippen molar-refractivity contribution in [1.29, 1.82) is 0 Å². The molecule has 0 spiro atoms. The molecule has 1 aliphatic heterocycles. The number of amides is 1. The Labute approximate surface area is 187 Å². The molecule has 0 bridgehead atoms. The molecule has 31 heavy (non-hydrogen) atoms. The zero-order chi connectivity index (χ0) is 22.3. The Balaban J connectivity index is 1.88. The number of hydrogen-bond donors (Lipinski definition) is 1. The molecule has 7 nitrogen and oxygen atoms in total. The molecule has 3 heterocycles. The summed E-state index contributed by atoms with van der Waals surface area (Å²) < 4.78 is 16.2. The van der Waals surface area contributed by atoms with Gasteiger partial charge in [0.2, 0.25) is 0 Å². The SMILES string of the molecule is COc1c(Cl)cc(/C(O)=C2/C(=O)C(=O)N(Cc3ccco3)C2c2ccc(C)o2)cc1Cl. The number of rotatable bonds is 5. The van der Waals surface area contributed by atoms with Crippen LogP contribution in [0.15, 0.2) is 57.1 Å².